The summed E-state index contributed by atoms with van der Waals surface area (Å²) in [6.45, 7) is 0. The number of sulfone groups is 1. The molecule has 3 heterocycles. The van der Waals surface area contributed by atoms with Crippen molar-refractivity contribution in [3.05, 3.63) is 34.4 Å². The highest BCUT2D eigenvalue weighted by atomic mass is 32.2. The average Bonchev–Trinajstić information content (AvgIpc) is 2.77. The Balaban J connectivity index is 1.85. The molecule has 0 radical (unpaired) electrons. The Bertz CT molecular complexity index is 746. The number of H-pyrrole nitrogens is 1. The van der Waals surface area contributed by atoms with Gasteiger partial charge in [0.2, 0.25) is 0 Å². The standard InChI is InChI=1S/C12H15N3O3S/c16-12-3-1-2-10-13-14-11(15(10)12)8-9-4-6-19(17,18)7-5-9/h1-3,9,13H,4-8H2. The van der Waals surface area contributed by atoms with E-state index in [2.05, 4.69) is 10.2 Å². The average molecular weight is 281 g/mol. The quantitative estimate of drug-likeness (QED) is 0.863. The third-order valence-electron chi connectivity index (χ3n) is 3.66. The highest BCUT2D eigenvalue weighted by Crippen LogP contribution is 2.22. The van der Waals surface area contributed by atoms with E-state index >= 15 is 0 Å². The number of aromatic nitrogens is 3. The topological polar surface area (TPSA) is 84.3 Å². The first-order valence-electron chi connectivity index (χ1n) is 6.31. The van der Waals surface area contributed by atoms with Gasteiger partial charge in [-0.1, -0.05) is 6.07 Å². The Morgan fingerprint density at radius 1 is 1.32 bits per heavy atom. The molecule has 1 aliphatic rings. The van der Waals surface area contributed by atoms with Gasteiger partial charge in [0.15, 0.2) is 0 Å². The molecule has 0 amide bonds. The van der Waals surface area contributed by atoms with E-state index in [1.54, 1.807) is 16.5 Å². The molecule has 19 heavy (non-hydrogen) atoms. The largest absolute Gasteiger partial charge is 0.269 e. The molecule has 0 spiro atoms. The van der Waals surface area contributed by atoms with Gasteiger partial charge in [-0.2, -0.15) is 5.10 Å². The summed E-state index contributed by atoms with van der Waals surface area (Å²) in [5.41, 5.74) is 0.565. The van der Waals surface area contributed by atoms with Crippen molar-refractivity contribution in [1.29, 1.82) is 0 Å². The zero-order valence-electron chi connectivity index (χ0n) is 10.4. The van der Waals surface area contributed by atoms with Gasteiger partial charge in [0.1, 0.15) is 21.3 Å². The summed E-state index contributed by atoms with van der Waals surface area (Å²) in [6, 6.07) is 4.98. The van der Waals surface area contributed by atoms with Crippen molar-refractivity contribution in [2.24, 2.45) is 5.92 Å². The highest BCUT2D eigenvalue weighted by Gasteiger charge is 2.25. The van der Waals surface area contributed by atoms with Crippen molar-refractivity contribution < 1.29 is 8.42 Å². The number of nitrogens with one attached hydrogen (secondary N) is 1. The number of rotatable bonds is 2. The second-order valence-electron chi connectivity index (χ2n) is 5.02. The summed E-state index contributed by atoms with van der Waals surface area (Å²) in [4.78, 5) is 11.8. The monoisotopic (exact) mass is 281 g/mol. The van der Waals surface area contributed by atoms with Gasteiger partial charge in [0, 0.05) is 12.5 Å². The van der Waals surface area contributed by atoms with Crippen molar-refractivity contribution in [3.63, 3.8) is 0 Å². The molecule has 0 bridgehead atoms. The Labute approximate surface area is 110 Å². The van der Waals surface area contributed by atoms with Gasteiger partial charge in [0.25, 0.3) is 5.56 Å². The number of pyridine rings is 1. The summed E-state index contributed by atoms with van der Waals surface area (Å²) in [7, 11) is -2.84. The molecule has 1 saturated heterocycles. The van der Waals surface area contributed by atoms with Crippen LogP contribution in [-0.2, 0) is 16.3 Å². The number of nitrogens with zero attached hydrogens (tertiary/aromatic N) is 2. The van der Waals surface area contributed by atoms with Gasteiger partial charge in [-0.25, -0.2) is 12.8 Å². The molecule has 102 valence electrons. The molecule has 0 saturated carbocycles. The van der Waals surface area contributed by atoms with Crippen LogP contribution in [0.4, 0.5) is 0 Å². The summed E-state index contributed by atoms with van der Waals surface area (Å²) in [5, 5.41) is 7.00. The number of aromatic amines is 1. The summed E-state index contributed by atoms with van der Waals surface area (Å²) >= 11 is 0. The zero-order chi connectivity index (χ0) is 13.5. The van der Waals surface area contributed by atoms with Crippen LogP contribution in [0.5, 0.6) is 0 Å². The predicted molar refractivity (Wildman–Crippen MR) is 70.9 cm³/mol. The van der Waals surface area contributed by atoms with E-state index in [0.29, 0.717) is 30.7 Å². The smallest absolute Gasteiger partial charge is 0.257 e. The Hall–Kier alpha value is -1.63. The van der Waals surface area contributed by atoms with E-state index < -0.39 is 9.84 Å². The van der Waals surface area contributed by atoms with Crippen LogP contribution in [-0.4, -0.2) is 34.5 Å². The molecule has 1 N–H and O–H groups in total. The van der Waals surface area contributed by atoms with Gasteiger partial charge < -0.3 is 0 Å². The van der Waals surface area contributed by atoms with Crippen molar-refractivity contribution in [2.45, 2.75) is 19.3 Å². The zero-order valence-corrected chi connectivity index (χ0v) is 11.2. The molecular weight excluding hydrogens is 266 g/mol. The highest BCUT2D eigenvalue weighted by molar-refractivity contribution is 7.91. The minimum Gasteiger partial charge on any atom is -0.269 e. The van der Waals surface area contributed by atoms with E-state index in [-0.39, 0.29) is 23.0 Å². The van der Waals surface area contributed by atoms with Crippen LogP contribution in [0.3, 0.4) is 0 Å². The van der Waals surface area contributed by atoms with Crippen LogP contribution in [0, 0.1) is 5.92 Å². The lowest BCUT2D eigenvalue weighted by Gasteiger charge is -2.20. The van der Waals surface area contributed by atoms with E-state index in [9.17, 15) is 13.2 Å². The molecule has 1 aliphatic heterocycles. The lowest BCUT2D eigenvalue weighted by molar-refractivity contribution is 0.452. The van der Waals surface area contributed by atoms with Gasteiger partial charge in [-0.15, -0.1) is 0 Å². The minimum atomic E-state index is -2.84. The lowest BCUT2D eigenvalue weighted by atomic mass is 9.98. The second-order valence-corrected chi connectivity index (χ2v) is 7.33. The number of hydrogen-bond acceptors (Lipinski definition) is 4. The van der Waals surface area contributed by atoms with Gasteiger partial charge in [0.05, 0.1) is 11.5 Å². The fourth-order valence-electron chi connectivity index (χ4n) is 2.55. The van der Waals surface area contributed by atoms with E-state index in [0.717, 1.165) is 0 Å². The first-order chi connectivity index (χ1) is 9.05. The van der Waals surface area contributed by atoms with Crippen molar-refractivity contribution in [1.82, 2.24) is 14.6 Å². The first kappa shape index (κ1) is 12.4. The van der Waals surface area contributed by atoms with Gasteiger partial charge in [-0.05, 0) is 24.8 Å². The van der Waals surface area contributed by atoms with E-state index in [1.165, 1.54) is 6.07 Å². The molecule has 6 nitrogen and oxygen atoms in total. The Morgan fingerprint density at radius 2 is 2.05 bits per heavy atom. The maximum atomic E-state index is 11.8. The van der Waals surface area contributed by atoms with Crippen LogP contribution in [0.1, 0.15) is 18.7 Å². The van der Waals surface area contributed by atoms with Gasteiger partial charge in [-0.3, -0.25) is 9.89 Å². The van der Waals surface area contributed by atoms with Crippen molar-refractivity contribution in [2.75, 3.05) is 11.5 Å². The maximum absolute atomic E-state index is 11.8. The second kappa shape index (κ2) is 4.48. The summed E-state index contributed by atoms with van der Waals surface area (Å²) in [6.07, 6.45) is 1.94. The molecular formula is C12H15N3O3S. The molecule has 1 fully saturated rings. The number of fused-ring (bicyclic) bond motifs is 1. The van der Waals surface area contributed by atoms with Crippen LogP contribution < -0.4 is 5.56 Å². The van der Waals surface area contributed by atoms with Crippen LogP contribution in [0.2, 0.25) is 0 Å². The Kier molecular flexibility index (Phi) is 2.93. The summed E-state index contributed by atoms with van der Waals surface area (Å²) in [5.74, 6) is 1.45. The van der Waals surface area contributed by atoms with Crippen molar-refractivity contribution >= 4 is 15.5 Å². The first-order valence-corrected chi connectivity index (χ1v) is 8.13. The molecule has 7 heteroatoms. The van der Waals surface area contributed by atoms with Crippen molar-refractivity contribution in [3.8, 4) is 0 Å². The number of hydrogen-bond donors (Lipinski definition) is 1. The van der Waals surface area contributed by atoms with E-state index in [1.807, 2.05) is 0 Å². The third kappa shape index (κ3) is 2.42. The molecule has 0 atom stereocenters. The maximum Gasteiger partial charge on any atom is 0.257 e. The fourth-order valence-corrected chi connectivity index (χ4v) is 4.14. The fraction of sp³-hybridized carbons (Fsp3) is 0.500. The van der Waals surface area contributed by atoms with Crippen LogP contribution in [0.25, 0.3) is 5.65 Å². The third-order valence-corrected chi connectivity index (χ3v) is 5.37. The van der Waals surface area contributed by atoms with Crippen LogP contribution >= 0.6 is 0 Å². The van der Waals surface area contributed by atoms with Crippen LogP contribution in [0.15, 0.2) is 23.0 Å². The minimum absolute atomic E-state index is 0.107. The normalized spacial score (nSPS) is 19.8. The molecule has 0 aromatic carbocycles. The molecule has 2 aromatic rings. The molecule has 3 rings (SSSR count). The molecule has 0 unspecified atom stereocenters. The van der Waals surface area contributed by atoms with Gasteiger partial charge >= 0.3 is 0 Å². The predicted octanol–water partition coefficient (Wildman–Crippen LogP) is 0.390. The SMILES string of the molecule is O=c1cccc2[nH]nc(CC3CCS(=O)(=O)CC3)n12. The lowest BCUT2D eigenvalue weighted by Crippen LogP contribution is -2.25. The summed E-state index contributed by atoms with van der Waals surface area (Å²) < 4.78 is 24.3. The Morgan fingerprint density at radius 3 is 2.79 bits per heavy atom. The molecule has 2 aromatic heterocycles. The molecule has 0 aliphatic carbocycles. The van der Waals surface area contributed by atoms with E-state index in [4.69, 9.17) is 0 Å².